The van der Waals surface area contributed by atoms with Crippen LogP contribution < -0.4 is 0 Å². The number of fused-ring (bicyclic) bond motifs is 1. The summed E-state index contributed by atoms with van der Waals surface area (Å²) < 4.78 is 5.35. The topological polar surface area (TPSA) is 39.2 Å². The Morgan fingerprint density at radius 2 is 2.11 bits per heavy atom. The maximum atomic E-state index is 12.1. The van der Waals surface area contributed by atoms with Crippen LogP contribution in [0.3, 0.4) is 0 Å². The molecule has 0 N–H and O–H groups in total. The second-order valence-corrected chi connectivity index (χ2v) is 4.44. The quantitative estimate of drug-likeness (QED) is 0.773. The van der Waals surface area contributed by atoms with E-state index < -0.39 is 0 Å². The van der Waals surface area contributed by atoms with Crippen molar-refractivity contribution in [2.24, 2.45) is 0 Å². The minimum absolute atomic E-state index is 0.123. The van der Waals surface area contributed by atoms with Crippen molar-refractivity contribution in [1.29, 1.82) is 0 Å². The fraction of sp³-hybridized carbons (Fsp3) is 0.200. The van der Waals surface area contributed by atoms with Gasteiger partial charge >= 0.3 is 0 Å². The Kier molecular flexibility index (Phi) is 2.90. The molecule has 0 atom stereocenters. The molecule has 0 amide bonds. The van der Waals surface area contributed by atoms with Crippen LogP contribution in [0.5, 0.6) is 0 Å². The van der Waals surface area contributed by atoms with Gasteiger partial charge in [0.25, 0.3) is 0 Å². The molecule has 3 nitrogen and oxygen atoms in total. The third kappa shape index (κ3) is 2.17. The lowest BCUT2D eigenvalue weighted by molar-refractivity contribution is 0.0992. The molecular formula is C15H13NO2. The Balaban J connectivity index is 1.81. The fourth-order valence-electron chi connectivity index (χ4n) is 2.14. The van der Waals surface area contributed by atoms with E-state index >= 15 is 0 Å². The van der Waals surface area contributed by atoms with Crippen LogP contribution in [-0.4, -0.2) is 10.8 Å². The second kappa shape index (κ2) is 4.70. The summed E-state index contributed by atoms with van der Waals surface area (Å²) in [6.07, 6.45) is 3.84. The van der Waals surface area contributed by atoms with E-state index in [1.807, 2.05) is 30.3 Å². The van der Waals surface area contributed by atoms with Crippen molar-refractivity contribution in [1.82, 2.24) is 4.98 Å². The fourth-order valence-corrected chi connectivity index (χ4v) is 2.14. The highest BCUT2D eigenvalue weighted by Crippen LogP contribution is 2.21. The van der Waals surface area contributed by atoms with Crippen molar-refractivity contribution >= 4 is 5.78 Å². The van der Waals surface area contributed by atoms with Gasteiger partial charge in [-0.2, -0.15) is 0 Å². The lowest BCUT2D eigenvalue weighted by atomic mass is 10.0. The molecule has 1 aliphatic rings. The number of ketones is 1. The van der Waals surface area contributed by atoms with Gasteiger partial charge in [0, 0.05) is 24.4 Å². The first-order valence-electron chi connectivity index (χ1n) is 5.94. The number of benzene rings is 1. The number of rotatable bonds is 3. The van der Waals surface area contributed by atoms with E-state index in [0.29, 0.717) is 19.6 Å². The molecule has 18 heavy (non-hydrogen) atoms. The van der Waals surface area contributed by atoms with Gasteiger partial charge in [-0.05, 0) is 28.8 Å². The number of Topliss-reactive ketones (excluding diaryl/α,β-unsaturated/α-hetero) is 1. The number of hydrogen-bond acceptors (Lipinski definition) is 3. The number of carbonyl (C=O) groups is 1. The Bertz CT molecular complexity index is 578. The van der Waals surface area contributed by atoms with Crippen LogP contribution in [-0.2, 0) is 24.4 Å². The maximum Gasteiger partial charge on any atom is 0.167 e. The second-order valence-electron chi connectivity index (χ2n) is 4.44. The Morgan fingerprint density at radius 1 is 1.22 bits per heavy atom. The predicted molar refractivity (Wildman–Crippen MR) is 67.2 cm³/mol. The average molecular weight is 239 g/mol. The third-order valence-corrected chi connectivity index (χ3v) is 3.13. The molecule has 2 aromatic rings. The highest BCUT2D eigenvalue weighted by atomic mass is 16.5. The normalized spacial score (nSPS) is 13.3. The lowest BCUT2D eigenvalue weighted by Gasteiger charge is -2.03. The van der Waals surface area contributed by atoms with Gasteiger partial charge in [0.1, 0.15) is 0 Å². The predicted octanol–water partition coefficient (Wildman–Crippen LogP) is 2.54. The van der Waals surface area contributed by atoms with Crippen molar-refractivity contribution in [2.45, 2.75) is 19.6 Å². The SMILES string of the molecule is O=C(Cc1cccnc1)c1ccc2c(c1)COC2. The summed E-state index contributed by atoms with van der Waals surface area (Å²) in [6, 6.07) is 9.58. The van der Waals surface area contributed by atoms with Gasteiger partial charge in [-0.15, -0.1) is 0 Å². The zero-order valence-corrected chi connectivity index (χ0v) is 9.93. The molecule has 1 aromatic carbocycles. The molecule has 1 aromatic heterocycles. The summed E-state index contributed by atoms with van der Waals surface area (Å²) in [5, 5.41) is 0. The van der Waals surface area contributed by atoms with E-state index in [2.05, 4.69) is 4.98 Å². The van der Waals surface area contributed by atoms with Gasteiger partial charge in [-0.25, -0.2) is 0 Å². The number of carbonyl (C=O) groups excluding carboxylic acids is 1. The van der Waals surface area contributed by atoms with Crippen molar-refractivity contribution in [3.05, 3.63) is 65.0 Å². The average Bonchev–Trinajstić information content (AvgIpc) is 2.87. The number of pyridine rings is 1. The minimum Gasteiger partial charge on any atom is -0.372 e. The number of hydrogen-bond donors (Lipinski definition) is 0. The standard InChI is InChI=1S/C15H13NO2/c17-15(6-11-2-1-5-16-8-11)12-3-4-13-9-18-10-14(13)7-12/h1-5,7-8H,6,9-10H2. The summed E-state index contributed by atoms with van der Waals surface area (Å²) in [7, 11) is 0. The van der Waals surface area contributed by atoms with Crippen LogP contribution in [0.1, 0.15) is 27.0 Å². The summed E-state index contributed by atoms with van der Waals surface area (Å²) in [5.41, 5.74) is 4.02. The van der Waals surface area contributed by atoms with Crippen LogP contribution >= 0.6 is 0 Å². The van der Waals surface area contributed by atoms with Crippen LogP contribution in [0.2, 0.25) is 0 Å². The van der Waals surface area contributed by atoms with E-state index in [-0.39, 0.29) is 5.78 Å². The van der Waals surface area contributed by atoms with Gasteiger partial charge in [0.05, 0.1) is 13.2 Å². The summed E-state index contributed by atoms with van der Waals surface area (Å²) in [6.45, 7) is 1.27. The molecule has 0 bridgehead atoms. The lowest BCUT2D eigenvalue weighted by Crippen LogP contribution is -2.04. The van der Waals surface area contributed by atoms with Crippen molar-refractivity contribution in [3.63, 3.8) is 0 Å². The third-order valence-electron chi connectivity index (χ3n) is 3.13. The Labute approximate surface area is 105 Å². The first-order valence-corrected chi connectivity index (χ1v) is 5.94. The van der Waals surface area contributed by atoms with Crippen molar-refractivity contribution in [2.75, 3.05) is 0 Å². The van der Waals surface area contributed by atoms with Gasteiger partial charge in [-0.3, -0.25) is 9.78 Å². The first kappa shape index (κ1) is 11.1. The van der Waals surface area contributed by atoms with E-state index in [1.54, 1.807) is 12.4 Å². The maximum absolute atomic E-state index is 12.1. The molecular weight excluding hydrogens is 226 g/mol. The molecule has 90 valence electrons. The summed E-state index contributed by atoms with van der Waals surface area (Å²) in [5.74, 6) is 0.123. The zero-order chi connectivity index (χ0) is 12.4. The van der Waals surface area contributed by atoms with E-state index in [4.69, 9.17) is 4.74 Å². The molecule has 0 aliphatic carbocycles. The van der Waals surface area contributed by atoms with Gasteiger partial charge < -0.3 is 4.74 Å². The monoisotopic (exact) mass is 239 g/mol. The molecule has 3 heteroatoms. The molecule has 3 rings (SSSR count). The smallest absolute Gasteiger partial charge is 0.167 e. The van der Waals surface area contributed by atoms with Gasteiger partial charge in [-0.1, -0.05) is 18.2 Å². The van der Waals surface area contributed by atoms with Crippen LogP contribution in [0.25, 0.3) is 0 Å². The van der Waals surface area contributed by atoms with Crippen molar-refractivity contribution in [3.8, 4) is 0 Å². The molecule has 0 spiro atoms. The van der Waals surface area contributed by atoms with Gasteiger partial charge in [0.2, 0.25) is 0 Å². The van der Waals surface area contributed by atoms with Crippen LogP contribution in [0.4, 0.5) is 0 Å². The minimum atomic E-state index is 0.123. The largest absolute Gasteiger partial charge is 0.372 e. The van der Waals surface area contributed by atoms with Crippen LogP contribution in [0, 0.1) is 0 Å². The molecule has 2 heterocycles. The Hall–Kier alpha value is -2.00. The molecule has 0 saturated heterocycles. The summed E-state index contributed by atoms with van der Waals surface area (Å²) in [4.78, 5) is 16.2. The molecule has 1 aliphatic heterocycles. The number of aromatic nitrogens is 1. The highest BCUT2D eigenvalue weighted by molar-refractivity contribution is 5.97. The first-order chi connectivity index (χ1) is 8.83. The number of nitrogens with zero attached hydrogens (tertiary/aromatic N) is 1. The molecule has 0 radical (unpaired) electrons. The van der Waals surface area contributed by atoms with Gasteiger partial charge in [0.15, 0.2) is 5.78 Å². The van der Waals surface area contributed by atoms with Crippen LogP contribution in [0.15, 0.2) is 42.7 Å². The van der Waals surface area contributed by atoms with Crippen molar-refractivity contribution < 1.29 is 9.53 Å². The molecule has 0 saturated carbocycles. The highest BCUT2D eigenvalue weighted by Gasteiger charge is 2.14. The molecule has 0 fully saturated rings. The van der Waals surface area contributed by atoms with E-state index in [1.165, 1.54) is 5.56 Å². The van der Waals surface area contributed by atoms with E-state index in [9.17, 15) is 4.79 Å². The number of ether oxygens (including phenoxy) is 1. The molecule has 0 unspecified atom stereocenters. The zero-order valence-electron chi connectivity index (χ0n) is 9.93. The summed E-state index contributed by atoms with van der Waals surface area (Å²) >= 11 is 0. The van der Waals surface area contributed by atoms with E-state index in [0.717, 1.165) is 16.7 Å². The Morgan fingerprint density at radius 3 is 2.94 bits per heavy atom.